The van der Waals surface area contributed by atoms with E-state index in [2.05, 4.69) is 14.7 Å². The molecule has 1 N–H and O–H groups in total. The first-order chi connectivity index (χ1) is 16.2. The Kier molecular flexibility index (Phi) is 5.59. The van der Waals surface area contributed by atoms with Gasteiger partial charge in [0, 0.05) is 18.4 Å². The number of benzene rings is 1. The highest BCUT2D eigenvalue weighted by Crippen LogP contribution is 2.41. The van der Waals surface area contributed by atoms with Crippen LogP contribution >= 0.6 is 0 Å². The number of aromatic nitrogens is 2. The van der Waals surface area contributed by atoms with E-state index in [4.69, 9.17) is 9.47 Å². The highest BCUT2D eigenvalue weighted by molar-refractivity contribution is 7.90. The molecule has 0 saturated carbocycles. The number of anilines is 1. The van der Waals surface area contributed by atoms with Crippen LogP contribution in [0.4, 0.5) is 10.1 Å². The second kappa shape index (κ2) is 8.46. The fourth-order valence-electron chi connectivity index (χ4n) is 4.37. The maximum absolute atomic E-state index is 14.7. The van der Waals surface area contributed by atoms with Gasteiger partial charge in [-0.05, 0) is 56.5 Å². The predicted molar refractivity (Wildman–Crippen MR) is 123 cm³/mol. The number of carbonyl (C=O) groups is 1. The van der Waals surface area contributed by atoms with Gasteiger partial charge >= 0.3 is 0 Å². The Balaban J connectivity index is 1.48. The van der Waals surface area contributed by atoms with Gasteiger partial charge in [-0.2, -0.15) is 5.10 Å². The van der Waals surface area contributed by atoms with Crippen molar-refractivity contribution in [2.75, 3.05) is 24.7 Å². The lowest BCUT2D eigenvalue weighted by atomic mass is 10.0. The summed E-state index contributed by atoms with van der Waals surface area (Å²) in [6, 6.07) is 6.90. The van der Waals surface area contributed by atoms with Gasteiger partial charge in [0.2, 0.25) is 10.0 Å². The van der Waals surface area contributed by atoms with Crippen molar-refractivity contribution in [1.29, 1.82) is 0 Å². The molecule has 2 aliphatic rings. The van der Waals surface area contributed by atoms with Gasteiger partial charge in [0.05, 0.1) is 28.6 Å². The normalized spacial score (nSPS) is 18.0. The van der Waals surface area contributed by atoms with Crippen molar-refractivity contribution >= 4 is 27.1 Å². The zero-order chi connectivity index (χ0) is 24.0. The topological polar surface area (TPSA) is 102 Å². The van der Waals surface area contributed by atoms with Crippen molar-refractivity contribution in [3.05, 3.63) is 53.6 Å². The number of rotatable bonds is 5. The summed E-state index contributed by atoms with van der Waals surface area (Å²) in [5, 5.41) is 3.44. The third-order valence-electron chi connectivity index (χ3n) is 6.19. The van der Waals surface area contributed by atoms with E-state index >= 15 is 0 Å². The summed E-state index contributed by atoms with van der Waals surface area (Å²) < 4.78 is 53.6. The van der Waals surface area contributed by atoms with Gasteiger partial charge in [-0.3, -0.25) is 4.79 Å². The molecule has 0 unspecified atom stereocenters. The second-order valence-electron chi connectivity index (χ2n) is 8.68. The predicted octanol–water partition coefficient (Wildman–Crippen LogP) is 3.05. The first-order valence-electron chi connectivity index (χ1n) is 11.1. The molecule has 1 amide bonds. The van der Waals surface area contributed by atoms with E-state index < -0.39 is 27.0 Å². The van der Waals surface area contributed by atoms with E-state index in [1.54, 1.807) is 12.3 Å². The smallest absolute Gasteiger partial charge is 0.268 e. The largest absolute Gasteiger partial charge is 0.486 e. The molecule has 34 heavy (non-hydrogen) atoms. The number of halogens is 1. The average Bonchev–Trinajstić information content (AvgIpc) is 3.45. The molecule has 1 atom stereocenters. The summed E-state index contributed by atoms with van der Waals surface area (Å²) in [7, 11) is -3.78. The minimum absolute atomic E-state index is 0.0886. The number of hydrogen-bond acceptors (Lipinski definition) is 7. The zero-order valence-electron chi connectivity index (χ0n) is 18.8. The highest BCUT2D eigenvalue weighted by atomic mass is 32.2. The van der Waals surface area contributed by atoms with Crippen LogP contribution in [0.15, 0.2) is 36.7 Å². The van der Waals surface area contributed by atoms with Crippen molar-refractivity contribution in [3.63, 3.8) is 0 Å². The van der Waals surface area contributed by atoms with Gasteiger partial charge < -0.3 is 14.4 Å². The summed E-state index contributed by atoms with van der Waals surface area (Å²) in [5.41, 5.74) is 2.25. The number of pyridine rings is 1. The Bertz CT molecular complexity index is 1370. The molecule has 2 aliphatic heterocycles. The first-order valence-corrected chi connectivity index (χ1v) is 12.7. The number of fused-ring (bicyclic) bond motifs is 2. The van der Waals surface area contributed by atoms with Gasteiger partial charge in [-0.25, -0.2) is 22.0 Å². The van der Waals surface area contributed by atoms with Crippen LogP contribution in [-0.4, -0.2) is 48.9 Å². The monoisotopic (exact) mass is 488 g/mol. The Morgan fingerprint density at radius 2 is 2.03 bits per heavy atom. The maximum atomic E-state index is 14.7. The first kappa shape index (κ1) is 22.5. The molecule has 11 heteroatoms. The Morgan fingerprint density at radius 1 is 1.24 bits per heavy atom. The molecule has 3 aromatic rings. The number of nitrogens with one attached hydrogen (secondary N) is 1. The van der Waals surface area contributed by atoms with Gasteiger partial charge in [-0.15, -0.1) is 0 Å². The van der Waals surface area contributed by atoms with Crippen LogP contribution in [0, 0.1) is 5.82 Å². The lowest BCUT2D eigenvalue weighted by molar-refractivity contribution is 0.0982. The minimum Gasteiger partial charge on any atom is -0.486 e. The van der Waals surface area contributed by atoms with Crippen molar-refractivity contribution in [2.24, 2.45) is 0 Å². The van der Waals surface area contributed by atoms with Crippen LogP contribution in [0.1, 0.15) is 48.7 Å². The summed E-state index contributed by atoms with van der Waals surface area (Å²) in [5.74, 6) is -0.625. The number of amides is 1. The van der Waals surface area contributed by atoms with Crippen LogP contribution < -0.4 is 19.1 Å². The molecule has 9 nitrogen and oxygen atoms in total. The van der Waals surface area contributed by atoms with Gasteiger partial charge in [0.25, 0.3) is 5.91 Å². The Morgan fingerprint density at radius 3 is 2.82 bits per heavy atom. The van der Waals surface area contributed by atoms with Crippen molar-refractivity contribution in [1.82, 2.24) is 14.3 Å². The number of nitrogens with zero attached hydrogens (tertiary/aromatic N) is 3. The third kappa shape index (κ3) is 3.93. The van der Waals surface area contributed by atoms with E-state index in [1.165, 1.54) is 30.6 Å². The Labute approximate surface area is 196 Å². The third-order valence-corrected chi connectivity index (χ3v) is 7.90. The number of hydrogen-bond donors (Lipinski definition) is 1. The molecule has 180 valence electrons. The standard InChI is InChI=1S/C23H25FN4O5S/c1-14(2)34(30,31)26-23(29)17-13-25-28-7-5-16(12-20(17)28)27-6-3-4-19(27)15-10-18(24)22-21(11-15)32-8-9-33-22/h5,7,10-14,19H,3-4,6,8-9H2,1-2H3,(H,26,29)/t19-/m1/s1. The second-order valence-corrected chi connectivity index (χ2v) is 10.9. The molecule has 1 saturated heterocycles. The lowest BCUT2D eigenvalue weighted by Gasteiger charge is -2.28. The number of carbonyl (C=O) groups excluding carboxylic acids is 1. The Hall–Kier alpha value is -3.34. The lowest BCUT2D eigenvalue weighted by Crippen LogP contribution is -2.35. The zero-order valence-corrected chi connectivity index (χ0v) is 19.6. The summed E-state index contributed by atoms with van der Waals surface area (Å²) >= 11 is 0. The van der Waals surface area contributed by atoms with Gasteiger partial charge in [0.15, 0.2) is 17.3 Å². The molecule has 1 fully saturated rings. The summed E-state index contributed by atoms with van der Waals surface area (Å²) in [4.78, 5) is 14.9. The summed E-state index contributed by atoms with van der Waals surface area (Å²) in [6.45, 7) is 4.43. The highest BCUT2D eigenvalue weighted by Gasteiger charge is 2.30. The molecule has 4 heterocycles. The van der Waals surface area contributed by atoms with Crippen LogP contribution in [0.25, 0.3) is 5.52 Å². The van der Waals surface area contributed by atoms with Crippen molar-refractivity contribution in [2.45, 2.75) is 38.0 Å². The van der Waals surface area contributed by atoms with E-state index in [0.717, 1.165) is 30.6 Å². The molecular weight excluding hydrogens is 463 g/mol. The molecular formula is C23H25FN4O5S. The molecule has 0 spiro atoms. The fourth-order valence-corrected chi connectivity index (χ4v) is 4.97. The van der Waals surface area contributed by atoms with E-state index in [0.29, 0.717) is 24.5 Å². The average molecular weight is 489 g/mol. The molecule has 5 rings (SSSR count). The van der Waals surface area contributed by atoms with E-state index in [9.17, 15) is 17.6 Å². The van der Waals surface area contributed by atoms with Crippen LogP contribution in [0.3, 0.4) is 0 Å². The SMILES string of the molecule is CC(C)S(=O)(=O)NC(=O)c1cnn2ccc(N3CCC[C@@H]3c3cc(F)c4c(c3)OCCO4)cc12. The van der Waals surface area contributed by atoms with E-state index in [-0.39, 0.29) is 17.4 Å². The fraction of sp³-hybridized carbons (Fsp3) is 0.391. The molecule has 0 bridgehead atoms. The van der Waals surface area contributed by atoms with Gasteiger partial charge in [-0.1, -0.05) is 0 Å². The van der Waals surface area contributed by atoms with Crippen LogP contribution in [0.2, 0.25) is 0 Å². The number of sulfonamides is 1. The van der Waals surface area contributed by atoms with Crippen LogP contribution in [-0.2, 0) is 10.0 Å². The van der Waals surface area contributed by atoms with Crippen LogP contribution in [0.5, 0.6) is 11.5 Å². The maximum Gasteiger partial charge on any atom is 0.268 e. The number of ether oxygens (including phenoxy) is 2. The van der Waals surface area contributed by atoms with Gasteiger partial charge in [0.1, 0.15) is 13.2 Å². The molecule has 0 aliphatic carbocycles. The molecule has 2 aromatic heterocycles. The quantitative estimate of drug-likeness (QED) is 0.589. The van der Waals surface area contributed by atoms with Crippen molar-refractivity contribution in [3.8, 4) is 11.5 Å². The molecule has 1 aromatic carbocycles. The molecule has 0 radical (unpaired) electrons. The van der Waals surface area contributed by atoms with Crippen molar-refractivity contribution < 1.29 is 27.1 Å². The summed E-state index contributed by atoms with van der Waals surface area (Å²) in [6.07, 6.45) is 4.80. The van der Waals surface area contributed by atoms with E-state index in [1.807, 2.05) is 12.1 Å². The minimum atomic E-state index is -3.78.